The zero-order valence-corrected chi connectivity index (χ0v) is 26.2. The van der Waals surface area contributed by atoms with Gasteiger partial charge in [-0.2, -0.15) is 0 Å². The number of Topliss-reactive ketones (excluding diaryl/α,β-unsaturated/α-hetero) is 1. The lowest BCUT2D eigenvalue weighted by Gasteiger charge is -2.49. The van der Waals surface area contributed by atoms with Gasteiger partial charge in [0.1, 0.15) is 0 Å². The van der Waals surface area contributed by atoms with Gasteiger partial charge >= 0.3 is 0 Å². The van der Waals surface area contributed by atoms with E-state index >= 15 is 4.79 Å². The van der Waals surface area contributed by atoms with Crippen molar-refractivity contribution in [3.05, 3.63) is 198 Å². The number of carbonyl (C=O) groups excluding carboxylic acids is 1. The molecule has 3 aliphatic carbocycles. The fourth-order valence-corrected chi connectivity index (χ4v) is 12.9. The average Bonchev–Trinajstić information content (AvgIpc) is 3.12. The number of hydrogen-bond acceptors (Lipinski definition) is 1. The van der Waals surface area contributed by atoms with Crippen LogP contribution in [0.25, 0.3) is 0 Å². The summed E-state index contributed by atoms with van der Waals surface area (Å²) in [6.45, 7) is -0.337. The maximum absolute atomic E-state index is 16.1. The van der Waals surface area contributed by atoms with E-state index in [1.807, 2.05) is 0 Å². The molecule has 0 saturated heterocycles. The molecule has 0 aliphatic heterocycles. The molecule has 2 heteroatoms. The van der Waals surface area contributed by atoms with Crippen molar-refractivity contribution in [2.45, 2.75) is 18.8 Å². The molecule has 3 aliphatic rings. The van der Waals surface area contributed by atoms with Crippen molar-refractivity contribution in [2.75, 3.05) is 0 Å². The molecule has 0 saturated carbocycles. The molecule has 45 heavy (non-hydrogen) atoms. The lowest BCUT2D eigenvalue weighted by atomic mass is 9.53. The van der Waals surface area contributed by atoms with Gasteiger partial charge in [0.25, 0.3) is 0 Å². The Morgan fingerprint density at radius 3 is 1.18 bits per heavy atom. The van der Waals surface area contributed by atoms with Gasteiger partial charge in [-0.3, -0.25) is 4.79 Å². The first-order valence-electron chi connectivity index (χ1n) is 15.9. The van der Waals surface area contributed by atoms with E-state index in [2.05, 4.69) is 177 Å². The van der Waals surface area contributed by atoms with Crippen LogP contribution in [0.3, 0.4) is 0 Å². The van der Waals surface area contributed by atoms with Crippen LogP contribution < -0.4 is 15.9 Å². The summed E-state index contributed by atoms with van der Waals surface area (Å²) in [5, 5.41) is 4.54. The average molecular weight is 599 g/mol. The minimum absolute atomic E-state index is 0.00725. The van der Waals surface area contributed by atoms with Gasteiger partial charge in [0.05, 0.1) is 0 Å². The van der Waals surface area contributed by atoms with Gasteiger partial charge in [0.2, 0.25) is 0 Å². The Bertz CT molecular complexity index is 1900. The standard InChI is InChI=1S/C43H35OP/c1-30-39-35-26-14-16-28-37(35)41(38-29-17-15-27-36(38)39)40(30)42(44)43(31-18-6-2-7-19-31)45(32-20-8-3-9-21-32,33-22-10-4-11-23-33)34-24-12-5-13-25-34/h2-30,39-41H,1H3/t30-,39?,40+,41?/m0/s1. The summed E-state index contributed by atoms with van der Waals surface area (Å²) in [5.41, 5.74) is 6.41. The molecule has 0 aromatic heterocycles. The predicted octanol–water partition coefficient (Wildman–Crippen LogP) is 8.31. The summed E-state index contributed by atoms with van der Waals surface area (Å²) in [7, 11) is 0. The van der Waals surface area contributed by atoms with Gasteiger partial charge in [-0.1, -0.05) is 177 Å². The first-order chi connectivity index (χ1) is 22.2. The van der Waals surface area contributed by atoms with E-state index in [-0.39, 0.29) is 29.5 Å². The monoisotopic (exact) mass is 598 g/mol. The van der Waals surface area contributed by atoms with Crippen LogP contribution in [-0.4, -0.2) is 11.1 Å². The van der Waals surface area contributed by atoms with Gasteiger partial charge in [0, 0.05) is 23.0 Å². The van der Waals surface area contributed by atoms with Gasteiger partial charge in [-0.15, -0.1) is 0 Å². The van der Waals surface area contributed by atoms with E-state index in [1.165, 1.54) is 38.2 Å². The third-order valence-electron chi connectivity index (χ3n) is 10.1. The lowest BCUT2D eigenvalue weighted by molar-refractivity contribution is -0.118. The van der Waals surface area contributed by atoms with Gasteiger partial charge in [-0.05, 0) is 56.5 Å². The van der Waals surface area contributed by atoms with Gasteiger partial charge in [0.15, 0.2) is 5.78 Å². The van der Waals surface area contributed by atoms with Gasteiger partial charge < -0.3 is 0 Å². The Kier molecular flexibility index (Phi) is 7.00. The highest BCUT2D eigenvalue weighted by Crippen LogP contribution is 2.59. The summed E-state index contributed by atoms with van der Waals surface area (Å²) < 4.78 is 0. The molecule has 0 heterocycles. The van der Waals surface area contributed by atoms with E-state index in [0.29, 0.717) is 0 Å². The SMILES string of the molecule is C[C@H]1C2c3ccccc3C(c3ccccc32)[C@@H]1C(=O)C(c1ccccc1)=P(c1ccccc1)(c1ccccc1)c1ccccc1. The zero-order valence-electron chi connectivity index (χ0n) is 25.3. The molecule has 1 nitrogen and oxygen atoms in total. The minimum Gasteiger partial charge on any atom is -0.294 e. The third-order valence-corrected chi connectivity index (χ3v) is 14.5. The van der Waals surface area contributed by atoms with Crippen LogP contribution in [0.2, 0.25) is 0 Å². The predicted molar refractivity (Wildman–Crippen MR) is 190 cm³/mol. The van der Waals surface area contributed by atoms with E-state index in [9.17, 15) is 0 Å². The number of hydrogen-bond donors (Lipinski definition) is 0. The van der Waals surface area contributed by atoms with Crippen LogP contribution in [0, 0.1) is 11.8 Å². The van der Waals surface area contributed by atoms with Crippen molar-refractivity contribution < 1.29 is 4.79 Å². The van der Waals surface area contributed by atoms with Crippen LogP contribution in [0.15, 0.2) is 170 Å². The Hall–Kier alpha value is -4.71. The Morgan fingerprint density at radius 2 is 0.778 bits per heavy atom. The fourth-order valence-electron chi connectivity index (χ4n) is 8.39. The molecule has 0 unspecified atom stereocenters. The Labute approximate surface area is 266 Å². The highest BCUT2D eigenvalue weighted by molar-refractivity contribution is 7.96. The Morgan fingerprint density at radius 1 is 0.444 bits per heavy atom. The maximum Gasteiger partial charge on any atom is 0.168 e. The topological polar surface area (TPSA) is 17.1 Å². The number of ketones is 1. The number of carbonyl (C=O) groups is 1. The van der Waals surface area contributed by atoms with Crippen molar-refractivity contribution in [1.29, 1.82) is 0 Å². The molecule has 6 aromatic carbocycles. The molecule has 218 valence electrons. The summed E-state index contributed by atoms with van der Waals surface area (Å²) in [6.07, 6.45) is 0. The van der Waals surface area contributed by atoms with Gasteiger partial charge in [-0.25, -0.2) is 0 Å². The fraction of sp³-hybridized carbons (Fsp3) is 0.116. The van der Waals surface area contributed by atoms with Crippen LogP contribution >= 0.6 is 6.89 Å². The normalized spacial score (nSPS) is 19.8. The van der Waals surface area contributed by atoms with Crippen molar-refractivity contribution >= 4 is 33.9 Å². The Balaban J connectivity index is 1.52. The molecule has 0 N–H and O–H groups in total. The van der Waals surface area contributed by atoms with Crippen LogP contribution in [0.5, 0.6) is 0 Å². The second kappa shape index (κ2) is 11.3. The third kappa shape index (κ3) is 4.26. The molecular weight excluding hydrogens is 563 g/mol. The van der Waals surface area contributed by atoms with E-state index in [1.54, 1.807) is 0 Å². The molecule has 2 atom stereocenters. The summed E-state index contributed by atoms with van der Waals surface area (Å²) in [6, 6.07) is 60.7. The summed E-state index contributed by atoms with van der Waals surface area (Å²) >= 11 is 0. The van der Waals surface area contributed by atoms with Crippen molar-refractivity contribution in [1.82, 2.24) is 0 Å². The number of fused-ring (bicyclic) bond motifs is 1. The highest BCUT2D eigenvalue weighted by Gasteiger charge is 2.52. The van der Waals surface area contributed by atoms with Crippen molar-refractivity contribution in [3.8, 4) is 0 Å². The van der Waals surface area contributed by atoms with E-state index in [4.69, 9.17) is 0 Å². The molecule has 0 fully saturated rings. The molecule has 0 spiro atoms. The second-order valence-electron chi connectivity index (χ2n) is 12.4. The van der Waals surface area contributed by atoms with Crippen molar-refractivity contribution in [2.24, 2.45) is 11.8 Å². The molecular formula is C43H35OP. The molecule has 2 bridgehead atoms. The molecule has 6 aromatic rings. The smallest absolute Gasteiger partial charge is 0.168 e. The highest BCUT2D eigenvalue weighted by atomic mass is 31.2. The zero-order chi connectivity index (χ0) is 30.4. The minimum atomic E-state index is -2.66. The van der Waals surface area contributed by atoms with Crippen LogP contribution in [0.4, 0.5) is 0 Å². The quantitative estimate of drug-likeness (QED) is 0.176. The second-order valence-corrected chi connectivity index (χ2v) is 15.7. The largest absolute Gasteiger partial charge is 0.294 e. The van der Waals surface area contributed by atoms with E-state index in [0.717, 1.165) is 10.9 Å². The molecule has 0 amide bonds. The van der Waals surface area contributed by atoms with Crippen molar-refractivity contribution in [3.63, 3.8) is 0 Å². The summed E-state index contributed by atoms with van der Waals surface area (Å²) in [4.78, 5) is 16.1. The van der Waals surface area contributed by atoms with E-state index < -0.39 is 6.89 Å². The number of rotatable bonds is 6. The molecule has 9 rings (SSSR count). The first kappa shape index (κ1) is 27.8. The lowest BCUT2D eigenvalue weighted by Crippen LogP contribution is -2.46. The molecule has 0 radical (unpaired) electrons. The van der Waals surface area contributed by atoms with Crippen LogP contribution in [-0.2, 0) is 4.79 Å². The first-order valence-corrected chi connectivity index (χ1v) is 17.7. The van der Waals surface area contributed by atoms with Crippen LogP contribution in [0.1, 0.15) is 46.6 Å². The maximum atomic E-state index is 16.1. The summed E-state index contributed by atoms with van der Waals surface area (Å²) in [5.74, 6) is 0.428. The number of benzene rings is 6.